The fraction of sp³-hybridized carbons (Fsp3) is 0.462. The second kappa shape index (κ2) is 6.29. The Labute approximate surface area is 120 Å². The average Bonchev–Trinajstić information content (AvgIpc) is 2.36. The largest absolute Gasteiger partial charge is 0.480 e. The number of hydrogen-bond donors (Lipinski definition) is 1. The maximum Gasteiger partial charge on any atom is 0.326 e. The van der Waals surface area contributed by atoms with Gasteiger partial charge in [-0.2, -0.15) is 0 Å². The average molecular weight is 296 g/mol. The quantitative estimate of drug-likeness (QED) is 0.380. The van der Waals surface area contributed by atoms with Crippen molar-refractivity contribution < 1.29 is 24.4 Å². The normalized spacial score (nSPS) is 12.5. The van der Waals surface area contributed by atoms with Crippen molar-refractivity contribution in [1.82, 2.24) is 4.98 Å². The van der Waals surface area contributed by atoms with Crippen LogP contribution in [0.2, 0.25) is 0 Å². The highest BCUT2D eigenvalue weighted by Gasteiger charge is 2.32. The maximum absolute atomic E-state index is 11.9. The fourth-order valence-electron chi connectivity index (χ4n) is 1.40. The van der Waals surface area contributed by atoms with E-state index >= 15 is 0 Å². The lowest BCUT2D eigenvalue weighted by molar-refractivity contribution is -0.385. The lowest BCUT2D eigenvalue weighted by Gasteiger charge is -2.19. The van der Waals surface area contributed by atoms with Crippen LogP contribution in [0.1, 0.15) is 32.4 Å². The number of nitro groups is 1. The van der Waals surface area contributed by atoms with E-state index in [2.05, 4.69) is 4.98 Å². The Morgan fingerprint density at radius 3 is 2.43 bits per heavy atom. The van der Waals surface area contributed by atoms with Crippen LogP contribution in [0.3, 0.4) is 0 Å². The molecule has 114 valence electrons. The Morgan fingerprint density at radius 1 is 1.43 bits per heavy atom. The first kappa shape index (κ1) is 16.5. The smallest absolute Gasteiger partial charge is 0.326 e. The minimum atomic E-state index is -1.60. The molecule has 1 atom stereocenters. The van der Waals surface area contributed by atoms with Gasteiger partial charge in [0.25, 0.3) is 5.69 Å². The SMILES string of the molecule is CC(C)(C)COC(=O)C(C(=O)O)c1ccc([N+](=O)[O-])cn1. The highest BCUT2D eigenvalue weighted by atomic mass is 16.6. The number of aromatic nitrogens is 1. The molecular weight excluding hydrogens is 280 g/mol. The number of carbonyl (C=O) groups excluding carboxylic acids is 1. The van der Waals surface area contributed by atoms with Gasteiger partial charge in [-0.3, -0.25) is 24.7 Å². The summed E-state index contributed by atoms with van der Waals surface area (Å²) in [6, 6.07) is 2.23. The van der Waals surface area contributed by atoms with Gasteiger partial charge in [-0.05, 0) is 11.5 Å². The Balaban J connectivity index is 2.93. The summed E-state index contributed by atoms with van der Waals surface area (Å²) < 4.78 is 4.97. The van der Waals surface area contributed by atoms with Crippen LogP contribution in [0.5, 0.6) is 0 Å². The number of aliphatic carboxylic acids is 1. The van der Waals surface area contributed by atoms with Gasteiger partial charge in [-0.25, -0.2) is 0 Å². The number of carbonyl (C=O) groups is 2. The van der Waals surface area contributed by atoms with Gasteiger partial charge in [0, 0.05) is 6.07 Å². The van der Waals surface area contributed by atoms with Gasteiger partial charge in [-0.15, -0.1) is 0 Å². The molecule has 0 fully saturated rings. The van der Waals surface area contributed by atoms with Crippen LogP contribution in [0.25, 0.3) is 0 Å². The van der Waals surface area contributed by atoms with E-state index in [1.807, 2.05) is 20.8 Å². The monoisotopic (exact) mass is 296 g/mol. The first-order valence-corrected chi connectivity index (χ1v) is 6.11. The Kier molecular flexibility index (Phi) is 4.96. The number of carboxylic acid groups (broad SMARTS) is 1. The summed E-state index contributed by atoms with van der Waals surface area (Å²) in [4.78, 5) is 36.6. The standard InChI is InChI=1S/C13H16N2O6/c1-13(2,3)7-21-12(18)10(11(16)17)9-5-4-8(6-14-9)15(19)20/h4-6,10H,7H2,1-3H3,(H,16,17). The zero-order valence-corrected chi connectivity index (χ0v) is 11.9. The van der Waals surface area contributed by atoms with Crippen LogP contribution in [0, 0.1) is 15.5 Å². The number of ether oxygens (including phenoxy) is 1. The van der Waals surface area contributed by atoms with Crippen molar-refractivity contribution in [1.29, 1.82) is 0 Å². The van der Waals surface area contributed by atoms with Gasteiger partial charge >= 0.3 is 11.9 Å². The summed E-state index contributed by atoms with van der Waals surface area (Å²) in [6.07, 6.45) is 0.905. The van der Waals surface area contributed by atoms with Crippen molar-refractivity contribution in [2.45, 2.75) is 26.7 Å². The summed E-state index contributed by atoms with van der Waals surface area (Å²) in [5.74, 6) is -3.97. The van der Waals surface area contributed by atoms with Crippen molar-refractivity contribution in [2.24, 2.45) is 5.41 Å². The van der Waals surface area contributed by atoms with E-state index in [0.717, 1.165) is 18.3 Å². The summed E-state index contributed by atoms with van der Waals surface area (Å²) in [7, 11) is 0. The highest BCUT2D eigenvalue weighted by Crippen LogP contribution is 2.20. The molecule has 1 unspecified atom stereocenters. The minimum absolute atomic E-state index is 0.0581. The molecule has 0 aliphatic carbocycles. The molecule has 0 spiro atoms. The number of rotatable bonds is 5. The van der Waals surface area contributed by atoms with Crippen molar-refractivity contribution in [2.75, 3.05) is 6.61 Å². The predicted molar refractivity (Wildman–Crippen MR) is 71.7 cm³/mol. The Hall–Kier alpha value is -2.51. The molecule has 0 bridgehead atoms. The summed E-state index contributed by atoms with van der Waals surface area (Å²) in [6.45, 7) is 5.56. The van der Waals surface area contributed by atoms with Crippen molar-refractivity contribution in [3.63, 3.8) is 0 Å². The van der Waals surface area contributed by atoms with Crippen LogP contribution in [0.4, 0.5) is 5.69 Å². The number of carboxylic acids is 1. The predicted octanol–water partition coefficient (Wildman–Crippen LogP) is 1.75. The van der Waals surface area contributed by atoms with E-state index in [1.54, 1.807) is 0 Å². The minimum Gasteiger partial charge on any atom is -0.480 e. The lowest BCUT2D eigenvalue weighted by Crippen LogP contribution is -2.28. The van der Waals surface area contributed by atoms with Crippen molar-refractivity contribution in [3.8, 4) is 0 Å². The molecule has 1 aromatic rings. The number of nitrogens with zero attached hydrogens (tertiary/aromatic N) is 2. The van der Waals surface area contributed by atoms with E-state index < -0.39 is 22.8 Å². The first-order chi connectivity index (χ1) is 9.61. The third kappa shape index (κ3) is 4.83. The maximum atomic E-state index is 11.9. The molecule has 0 saturated heterocycles. The molecule has 1 heterocycles. The third-order valence-electron chi connectivity index (χ3n) is 2.41. The summed E-state index contributed by atoms with van der Waals surface area (Å²) in [5.41, 5.74) is -0.695. The molecule has 8 nitrogen and oxygen atoms in total. The molecule has 0 aliphatic rings. The van der Waals surface area contributed by atoms with Crippen LogP contribution in [-0.2, 0) is 14.3 Å². The first-order valence-electron chi connectivity index (χ1n) is 6.11. The topological polar surface area (TPSA) is 120 Å². The van der Waals surface area contributed by atoms with Gasteiger partial charge in [0.1, 0.15) is 6.20 Å². The molecule has 21 heavy (non-hydrogen) atoms. The zero-order valence-electron chi connectivity index (χ0n) is 11.9. The molecule has 1 aromatic heterocycles. The van der Waals surface area contributed by atoms with E-state index in [4.69, 9.17) is 9.84 Å². The number of pyridine rings is 1. The van der Waals surface area contributed by atoms with E-state index in [0.29, 0.717) is 0 Å². The summed E-state index contributed by atoms with van der Waals surface area (Å²) >= 11 is 0. The van der Waals surface area contributed by atoms with Gasteiger partial charge < -0.3 is 9.84 Å². The molecule has 0 aromatic carbocycles. The zero-order chi connectivity index (χ0) is 16.2. The lowest BCUT2D eigenvalue weighted by atomic mass is 9.98. The van der Waals surface area contributed by atoms with Crippen molar-refractivity contribution in [3.05, 3.63) is 34.1 Å². The molecule has 0 saturated carbocycles. The third-order valence-corrected chi connectivity index (χ3v) is 2.41. The van der Waals surface area contributed by atoms with Crippen molar-refractivity contribution >= 4 is 17.6 Å². The van der Waals surface area contributed by atoms with Gasteiger partial charge in [-0.1, -0.05) is 20.8 Å². The molecule has 0 aliphatic heterocycles. The second-order valence-electron chi connectivity index (χ2n) is 5.64. The second-order valence-corrected chi connectivity index (χ2v) is 5.64. The molecule has 0 amide bonds. The van der Waals surface area contributed by atoms with Gasteiger partial charge in [0.2, 0.25) is 0 Å². The molecule has 8 heteroatoms. The summed E-state index contributed by atoms with van der Waals surface area (Å²) in [5, 5.41) is 19.7. The van der Waals surface area contributed by atoms with E-state index in [-0.39, 0.29) is 23.4 Å². The Bertz CT molecular complexity index is 547. The van der Waals surface area contributed by atoms with Crippen LogP contribution in [-0.4, -0.2) is 33.6 Å². The molecular formula is C13H16N2O6. The number of esters is 1. The van der Waals surface area contributed by atoms with Gasteiger partial charge in [0.05, 0.1) is 17.2 Å². The van der Waals surface area contributed by atoms with E-state index in [9.17, 15) is 19.7 Å². The van der Waals surface area contributed by atoms with Gasteiger partial charge in [0.15, 0.2) is 5.92 Å². The van der Waals surface area contributed by atoms with E-state index in [1.165, 1.54) is 0 Å². The molecule has 1 N–H and O–H groups in total. The van der Waals surface area contributed by atoms with Crippen LogP contribution >= 0.6 is 0 Å². The molecule has 0 radical (unpaired) electrons. The molecule has 1 rings (SSSR count). The highest BCUT2D eigenvalue weighted by molar-refractivity contribution is 5.99. The number of hydrogen-bond acceptors (Lipinski definition) is 6. The van der Waals surface area contributed by atoms with Crippen LogP contribution < -0.4 is 0 Å². The Morgan fingerprint density at radius 2 is 2.05 bits per heavy atom. The van der Waals surface area contributed by atoms with Crippen LogP contribution in [0.15, 0.2) is 18.3 Å². The fourth-order valence-corrected chi connectivity index (χ4v) is 1.40.